The fourth-order valence-corrected chi connectivity index (χ4v) is 4.23. The first-order valence-electron chi connectivity index (χ1n) is 10.8. The summed E-state index contributed by atoms with van der Waals surface area (Å²) < 4.78 is 16.0. The highest BCUT2D eigenvalue weighted by atomic mass is 16.5. The lowest BCUT2D eigenvalue weighted by molar-refractivity contribution is -0.123. The van der Waals surface area contributed by atoms with Gasteiger partial charge in [-0.2, -0.15) is 9.97 Å². The van der Waals surface area contributed by atoms with Crippen molar-refractivity contribution in [1.82, 2.24) is 9.97 Å². The smallest absolute Gasteiger partial charge is 0.232 e. The van der Waals surface area contributed by atoms with Gasteiger partial charge in [-0.15, -0.1) is 0 Å². The Morgan fingerprint density at radius 3 is 2.36 bits per heavy atom. The summed E-state index contributed by atoms with van der Waals surface area (Å²) in [6, 6.07) is 3.23. The number of ether oxygens (including phenoxy) is 3. The van der Waals surface area contributed by atoms with Crippen LogP contribution >= 0.6 is 0 Å². The highest BCUT2D eigenvalue weighted by Crippen LogP contribution is 2.41. The summed E-state index contributed by atoms with van der Waals surface area (Å²) >= 11 is 0. The fourth-order valence-electron chi connectivity index (χ4n) is 4.23. The van der Waals surface area contributed by atoms with Crippen LogP contribution in [-0.4, -0.2) is 56.2 Å². The maximum atomic E-state index is 13.2. The number of carbonyl (C=O) groups excluding carboxylic acids is 2. The Morgan fingerprint density at radius 1 is 1.09 bits per heavy atom. The van der Waals surface area contributed by atoms with Gasteiger partial charge >= 0.3 is 0 Å². The Bertz CT molecular complexity index is 1040. The Balaban J connectivity index is 1.64. The number of anilines is 4. The highest BCUT2D eigenvalue weighted by Gasteiger charge is 2.35. The van der Waals surface area contributed by atoms with E-state index >= 15 is 0 Å². The topological polar surface area (TPSA) is 141 Å². The number of methoxy groups -OCH3 is 3. The summed E-state index contributed by atoms with van der Waals surface area (Å²) in [5, 5.41) is 5.57. The minimum atomic E-state index is -0.844. The second kappa shape index (κ2) is 9.39. The molecule has 176 valence electrons. The molecule has 0 aliphatic carbocycles. The highest BCUT2D eigenvalue weighted by molar-refractivity contribution is 6.05. The number of nitrogens with two attached hydrogens (primary N) is 1. The van der Waals surface area contributed by atoms with Gasteiger partial charge < -0.3 is 35.5 Å². The van der Waals surface area contributed by atoms with Gasteiger partial charge in [0.25, 0.3) is 0 Å². The summed E-state index contributed by atoms with van der Waals surface area (Å²) in [6.45, 7) is 1.66. The lowest BCUT2D eigenvalue weighted by Gasteiger charge is -2.30. The van der Waals surface area contributed by atoms with Gasteiger partial charge in [-0.05, 0) is 19.3 Å². The zero-order valence-electron chi connectivity index (χ0n) is 18.9. The molecular weight excluding hydrogens is 428 g/mol. The first kappa shape index (κ1) is 22.4. The predicted octanol–water partition coefficient (Wildman–Crippen LogP) is 2.14. The molecule has 2 aliphatic rings. The van der Waals surface area contributed by atoms with E-state index in [0.717, 1.165) is 32.4 Å². The maximum absolute atomic E-state index is 13.2. The number of amides is 2. The third-order valence-electron chi connectivity index (χ3n) is 5.85. The van der Waals surface area contributed by atoms with E-state index < -0.39 is 11.8 Å². The molecule has 1 saturated heterocycles. The standard InChI is InChI=1S/C22H28N6O5/c1-31-14-9-12(10-15(32-2)18(14)33-3)24-21(30)13-11-16(29)25-20-17(13)19(23)26-22(27-20)28-7-5-4-6-8-28/h9-10,13H,4-8,11H2,1-3H3,(H,24,30)(H3,23,25,26,27,29). The summed E-state index contributed by atoms with van der Waals surface area (Å²) in [7, 11) is 4.47. The number of hydrogen-bond acceptors (Lipinski definition) is 9. The summed E-state index contributed by atoms with van der Waals surface area (Å²) in [5.74, 6) is 0.556. The van der Waals surface area contributed by atoms with Gasteiger partial charge in [-0.1, -0.05) is 0 Å². The van der Waals surface area contributed by atoms with Crippen LogP contribution in [0.25, 0.3) is 0 Å². The second-order valence-electron chi connectivity index (χ2n) is 7.93. The van der Waals surface area contributed by atoms with E-state index in [1.807, 2.05) is 4.90 Å². The number of nitrogens with zero attached hydrogens (tertiary/aromatic N) is 3. The number of rotatable bonds is 6. The molecule has 1 aromatic carbocycles. The number of benzene rings is 1. The summed E-state index contributed by atoms with van der Waals surface area (Å²) in [4.78, 5) is 36.7. The van der Waals surface area contributed by atoms with Crippen molar-refractivity contribution in [3.05, 3.63) is 17.7 Å². The van der Waals surface area contributed by atoms with Crippen LogP contribution in [0.3, 0.4) is 0 Å². The summed E-state index contributed by atoms with van der Waals surface area (Å²) in [5.41, 5.74) is 7.12. The van der Waals surface area contributed by atoms with Gasteiger partial charge in [0.1, 0.15) is 11.6 Å². The average molecular weight is 457 g/mol. The molecule has 11 nitrogen and oxygen atoms in total. The van der Waals surface area contributed by atoms with E-state index in [9.17, 15) is 9.59 Å². The number of aromatic nitrogens is 2. The average Bonchev–Trinajstić information content (AvgIpc) is 2.82. The normalized spacial score (nSPS) is 17.6. The van der Waals surface area contributed by atoms with Crippen LogP contribution in [0, 0.1) is 0 Å². The van der Waals surface area contributed by atoms with Crippen molar-refractivity contribution in [2.45, 2.75) is 31.6 Å². The van der Waals surface area contributed by atoms with Crippen molar-refractivity contribution in [3.8, 4) is 17.2 Å². The van der Waals surface area contributed by atoms with E-state index in [1.165, 1.54) is 21.3 Å². The Labute approximate surface area is 191 Å². The monoisotopic (exact) mass is 456 g/mol. The van der Waals surface area contributed by atoms with E-state index in [4.69, 9.17) is 19.9 Å². The molecule has 2 aliphatic heterocycles. The Hall–Kier alpha value is -3.76. The molecule has 3 heterocycles. The fraction of sp³-hybridized carbons (Fsp3) is 0.455. The lowest BCUT2D eigenvalue weighted by Crippen LogP contribution is -2.35. The number of piperidine rings is 1. The molecular formula is C22H28N6O5. The van der Waals surface area contributed by atoms with Crippen molar-refractivity contribution in [3.63, 3.8) is 0 Å². The molecule has 11 heteroatoms. The quantitative estimate of drug-likeness (QED) is 0.596. The Kier molecular flexibility index (Phi) is 6.38. The van der Waals surface area contributed by atoms with Gasteiger partial charge in [0.15, 0.2) is 11.5 Å². The SMILES string of the molecule is COc1cc(NC(=O)C2CC(=O)Nc3nc(N4CCCCC4)nc(N)c32)cc(OC)c1OC. The number of hydrogen-bond donors (Lipinski definition) is 3. The van der Waals surface area contributed by atoms with Gasteiger partial charge in [0.2, 0.25) is 23.5 Å². The maximum Gasteiger partial charge on any atom is 0.232 e. The number of nitrogens with one attached hydrogen (secondary N) is 2. The Morgan fingerprint density at radius 2 is 1.76 bits per heavy atom. The van der Waals surface area contributed by atoms with Crippen LogP contribution in [0.15, 0.2) is 12.1 Å². The number of nitrogen functional groups attached to an aromatic ring is 1. The molecule has 4 N–H and O–H groups in total. The van der Waals surface area contributed by atoms with Gasteiger partial charge in [-0.3, -0.25) is 9.59 Å². The number of fused-ring (bicyclic) bond motifs is 1. The first-order chi connectivity index (χ1) is 15.9. The zero-order chi connectivity index (χ0) is 23.5. The van der Waals surface area contributed by atoms with E-state index in [1.54, 1.807) is 12.1 Å². The molecule has 2 aromatic rings. The molecule has 1 atom stereocenters. The van der Waals surface area contributed by atoms with Gasteiger partial charge in [0.05, 0.1) is 32.8 Å². The van der Waals surface area contributed by atoms with Crippen molar-refractivity contribution < 1.29 is 23.8 Å². The molecule has 0 saturated carbocycles. The number of carbonyl (C=O) groups is 2. The van der Waals surface area contributed by atoms with Crippen LogP contribution in [0.2, 0.25) is 0 Å². The molecule has 0 radical (unpaired) electrons. The van der Waals surface area contributed by atoms with Crippen molar-refractivity contribution >= 4 is 35.1 Å². The molecule has 0 spiro atoms. The molecule has 2 amide bonds. The van der Waals surface area contributed by atoms with Crippen molar-refractivity contribution in [2.75, 3.05) is 55.7 Å². The van der Waals surface area contributed by atoms with E-state index in [-0.39, 0.29) is 24.0 Å². The van der Waals surface area contributed by atoms with Crippen LogP contribution in [0.4, 0.5) is 23.3 Å². The van der Waals surface area contributed by atoms with E-state index in [2.05, 4.69) is 20.6 Å². The largest absolute Gasteiger partial charge is 0.493 e. The van der Waals surface area contributed by atoms with Crippen LogP contribution in [0.1, 0.15) is 37.2 Å². The van der Waals surface area contributed by atoms with Crippen LogP contribution in [0.5, 0.6) is 17.2 Å². The predicted molar refractivity (Wildman–Crippen MR) is 123 cm³/mol. The molecule has 1 unspecified atom stereocenters. The molecule has 1 aromatic heterocycles. The second-order valence-corrected chi connectivity index (χ2v) is 7.93. The molecule has 1 fully saturated rings. The van der Waals surface area contributed by atoms with Crippen LogP contribution in [-0.2, 0) is 9.59 Å². The van der Waals surface area contributed by atoms with Crippen LogP contribution < -0.4 is 35.5 Å². The third kappa shape index (κ3) is 4.43. The third-order valence-corrected chi connectivity index (χ3v) is 5.85. The van der Waals surface area contributed by atoms with Crippen molar-refractivity contribution in [2.24, 2.45) is 0 Å². The van der Waals surface area contributed by atoms with Gasteiger partial charge in [0, 0.05) is 37.3 Å². The molecule has 0 bridgehead atoms. The minimum Gasteiger partial charge on any atom is -0.493 e. The van der Waals surface area contributed by atoms with E-state index in [0.29, 0.717) is 34.4 Å². The zero-order valence-corrected chi connectivity index (χ0v) is 18.9. The lowest BCUT2D eigenvalue weighted by atomic mass is 9.91. The minimum absolute atomic E-state index is 0.0696. The molecule has 33 heavy (non-hydrogen) atoms. The first-order valence-corrected chi connectivity index (χ1v) is 10.8. The summed E-state index contributed by atoms with van der Waals surface area (Å²) in [6.07, 6.45) is 3.19. The van der Waals surface area contributed by atoms with Crippen molar-refractivity contribution in [1.29, 1.82) is 0 Å². The van der Waals surface area contributed by atoms with Gasteiger partial charge in [-0.25, -0.2) is 0 Å². The molecule has 4 rings (SSSR count).